The van der Waals surface area contributed by atoms with Gasteiger partial charge in [-0.3, -0.25) is 0 Å². The van der Waals surface area contributed by atoms with Crippen molar-refractivity contribution in [2.45, 2.75) is 20.0 Å². The number of aromatic carboxylic acids is 1. The number of carboxylic acids is 1. The first kappa shape index (κ1) is 26.4. The van der Waals surface area contributed by atoms with Crippen molar-refractivity contribution < 1.29 is 19.4 Å². The quantitative estimate of drug-likeness (QED) is 0.252. The van der Waals surface area contributed by atoms with Gasteiger partial charge in [0.15, 0.2) is 0 Å². The van der Waals surface area contributed by atoms with E-state index in [0.29, 0.717) is 18.7 Å². The molecule has 0 bridgehead atoms. The molecule has 0 amide bonds. The Morgan fingerprint density at radius 3 is 1.65 bits per heavy atom. The van der Waals surface area contributed by atoms with Crippen LogP contribution in [0.1, 0.15) is 38.8 Å². The molecule has 8 nitrogen and oxygen atoms in total. The van der Waals surface area contributed by atoms with Crippen molar-refractivity contribution in [1.82, 2.24) is 19.1 Å². The van der Waals surface area contributed by atoms with Crippen LogP contribution in [0.25, 0.3) is 22.1 Å². The van der Waals surface area contributed by atoms with Gasteiger partial charge in [0.1, 0.15) is 0 Å². The lowest BCUT2D eigenvalue weighted by Gasteiger charge is -2.06. The summed E-state index contributed by atoms with van der Waals surface area (Å²) in [5.74, 6) is -1.22. The van der Waals surface area contributed by atoms with Crippen molar-refractivity contribution >= 4 is 34.0 Å². The molecule has 4 aromatic carbocycles. The molecular formula is C32H28N4O4. The minimum Gasteiger partial charge on any atom is -0.478 e. The van der Waals surface area contributed by atoms with Crippen LogP contribution in [-0.2, 0) is 17.8 Å². The Balaban J connectivity index is 0.000000162. The maximum absolute atomic E-state index is 11.8. The highest BCUT2D eigenvalue weighted by Gasteiger charge is 2.11. The molecule has 2 aromatic heterocycles. The summed E-state index contributed by atoms with van der Waals surface area (Å²) >= 11 is 0. The van der Waals surface area contributed by atoms with E-state index in [1.54, 1.807) is 43.8 Å². The number of hydrogen-bond donors (Lipinski definition) is 1. The SMILES string of the molecule is CCOC(=O)c1ccc2ncn(Cc3ccccc3)c2c1.O=C(O)c1ccc2ncn(Cc3ccccc3)c2c1. The molecule has 0 saturated heterocycles. The smallest absolute Gasteiger partial charge is 0.338 e. The minimum atomic E-state index is -0.922. The number of carbonyl (C=O) groups excluding carboxylic acids is 1. The van der Waals surface area contributed by atoms with Gasteiger partial charge in [-0.25, -0.2) is 19.6 Å². The number of carboxylic acid groups (broad SMARTS) is 1. The fourth-order valence-corrected chi connectivity index (χ4v) is 4.40. The number of nitrogens with zero attached hydrogens (tertiary/aromatic N) is 4. The highest BCUT2D eigenvalue weighted by Crippen LogP contribution is 2.18. The number of fused-ring (bicyclic) bond motifs is 2. The third kappa shape index (κ3) is 6.07. The Morgan fingerprint density at radius 2 is 1.18 bits per heavy atom. The fraction of sp³-hybridized carbons (Fsp3) is 0.125. The molecule has 0 fully saturated rings. The number of aromatic nitrogens is 4. The summed E-state index contributed by atoms with van der Waals surface area (Å²) < 4.78 is 9.03. The summed E-state index contributed by atoms with van der Waals surface area (Å²) in [6.45, 7) is 3.58. The number of esters is 1. The average molecular weight is 533 g/mol. The second-order valence-corrected chi connectivity index (χ2v) is 9.15. The Bertz CT molecular complexity index is 1760. The number of hydrogen-bond acceptors (Lipinski definition) is 5. The molecule has 1 N–H and O–H groups in total. The molecular weight excluding hydrogens is 504 g/mol. The number of rotatable bonds is 7. The molecule has 0 saturated carbocycles. The summed E-state index contributed by atoms with van der Waals surface area (Å²) in [4.78, 5) is 31.5. The Kier molecular flexibility index (Phi) is 7.97. The van der Waals surface area contributed by atoms with Gasteiger partial charge in [0.25, 0.3) is 0 Å². The minimum absolute atomic E-state index is 0.280. The van der Waals surface area contributed by atoms with Crippen LogP contribution in [-0.4, -0.2) is 42.8 Å². The third-order valence-electron chi connectivity index (χ3n) is 6.39. The molecule has 0 unspecified atom stereocenters. The standard InChI is InChI=1S/C17H16N2O2.C15H12N2O2/c1-2-21-17(20)14-8-9-15-16(10-14)19(12-18-15)11-13-6-4-3-5-7-13;18-15(19)12-6-7-13-14(8-12)17(10-16-13)9-11-4-2-1-3-5-11/h3-10,12H,2,11H2,1H3;1-8,10H,9H2,(H,18,19). The van der Waals surface area contributed by atoms with E-state index in [1.807, 2.05) is 69.8 Å². The van der Waals surface area contributed by atoms with Crippen molar-refractivity contribution in [3.63, 3.8) is 0 Å². The summed E-state index contributed by atoms with van der Waals surface area (Å²) in [6, 6.07) is 30.6. The third-order valence-corrected chi connectivity index (χ3v) is 6.39. The summed E-state index contributed by atoms with van der Waals surface area (Å²) in [7, 11) is 0. The lowest BCUT2D eigenvalue weighted by atomic mass is 10.2. The van der Waals surface area contributed by atoms with E-state index in [9.17, 15) is 9.59 Å². The molecule has 6 aromatic rings. The van der Waals surface area contributed by atoms with Crippen molar-refractivity contribution in [2.75, 3.05) is 6.61 Å². The molecule has 8 heteroatoms. The van der Waals surface area contributed by atoms with Gasteiger partial charge in [0.05, 0.1) is 52.5 Å². The van der Waals surface area contributed by atoms with Crippen molar-refractivity contribution in [1.29, 1.82) is 0 Å². The summed E-state index contributed by atoms with van der Waals surface area (Å²) in [5.41, 5.74) is 6.63. The van der Waals surface area contributed by atoms with Gasteiger partial charge in [-0.15, -0.1) is 0 Å². The topological polar surface area (TPSA) is 99.2 Å². The zero-order chi connectivity index (χ0) is 27.9. The van der Waals surface area contributed by atoms with Gasteiger partial charge in [-0.1, -0.05) is 60.7 Å². The molecule has 0 aliphatic rings. The average Bonchev–Trinajstić information content (AvgIpc) is 3.57. The van der Waals surface area contributed by atoms with Crippen LogP contribution in [0.4, 0.5) is 0 Å². The summed E-state index contributed by atoms with van der Waals surface area (Å²) in [6.07, 6.45) is 3.54. The van der Waals surface area contributed by atoms with Crippen molar-refractivity contribution in [3.05, 3.63) is 132 Å². The van der Waals surface area contributed by atoms with Gasteiger partial charge in [-0.2, -0.15) is 0 Å². The normalized spacial score (nSPS) is 10.7. The second kappa shape index (κ2) is 12.1. The zero-order valence-electron chi connectivity index (χ0n) is 22.0. The molecule has 0 radical (unpaired) electrons. The largest absolute Gasteiger partial charge is 0.478 e. The highest BCUT2D eigenvalue weighted by molar-refractivity contribution is 5.94. The van der Waals surface area contributed by atoms with E-state index in [1.165, 1.54) is 5.56 Å². The highest BCUT2D eigenvalue weighted by atomic mass is 16.5. The van der Waals surface area contributed by atoms with Gasteiger partial charge < -0.3 is 19.0 Å². The van der Waals surface area contributed by atoms with Crippen molar-refractivity contribution in [2.24, 2.45) is 0 Å². The molecule has 0 aliphatic heterocycles. The van der Waals surface area contributed by atoms with Crippen molar-refractivity contribution in [3.8, 4) is 0 Å². The van der Waals surface area contributed by atoms with Crippen LogP contribution in [0.5, 0.6) is 0 Å². The predicted molar refractivity (Wildman–Crippen MR) is 153 cm³/mol. The maximum Gasteiger partial charge on any atom is 0.338 e. The van der Waals surface area contributed by atoms with Crippen LogP contribution >= 0.6 is 0 Å². The van der Waals surface area contributed by atoms with E-state index >= 15 is 0 Å². The lowest BCUT2D eigenvalue weighted by Crippen LogP contribution is -2.05. The maximum atomic E-state index is 11.8. The molecule has 40 heavy (non-hydrogen) atoms. The van der Waals surface area contributed by atoms with Crippen LogP contribution in [0, 0.1) is 0 Å². The fourth-order valence-electron chi connectivity index (χ4n) is 4.40. The number of benzene rings is 4. The summed E-state index contributed by atoms with van der Waals surface area (Å²) in [5, 5.41) is 9.03. The van der Waals surface area contributed by atoms with Crippen LogP contribution in [0.2, 0.25) is 0 Å². The molecule has 0 spiro atoms. The van der Waals surface area contributed by atoms with E-state index in [0.717, 1.165) is 34.2 Å². The van der Waals surface area contributed by atoms with E-state index in [2.05, 4.69) is 22.1 Å². The van der Waals surface area contributed by atoms with Gasteiger partial charge >= 0.3 is 11.9 Å². The van der Waals surface area contributed by atoms with E-state index in [-0.39, 0.29) is 11.5 Å². The zero-order valence-corrected chi connectivity index (χ0v) is 22.0. The Labute approximate surface area is 231 Å². The number of carbonyl (C=O) groups is 2. The van der Waals surface area contributed by atoms with Crippen LogP contribution in [0.3, 0.4) is 0 Å². The molecule has 0 atom stereocenters. The predicted octanol–water partition coefficient (Wildman–Crippen LogP) is 6.04. The monoisotopic (exact) mass is 532 g/mol. The van der Waals surface area contributed by atoms with Crippen LogP contribution < -0.4 is 0 Å². The lowest BCUT2D eigenvalue weighted by molar-refractivity contribution is 0.0526. The molecule has 200 valence electrons. The number of imidazole rings is 2. The first-order valence-electron chi connectivity index (χ1n) is 12.9. The molecule has 2 heterocycles. The Morgan fingerprint density at radius 1 is 0.700 bits per heavy atom. The van der Waals surface area contributed by atoms with Crippen LogP contribution in [0.15, 0.2) is 110 Å². The van der Waals surface area contributed by atoms with Gasteiger partial charge in [-0.05, 0) is 54.4 Å². The first-order valence-corrected chi connectivity index (χ1v) is 12.9. The molecule has 6 rings (SSSR count). The Hall–Kier alpha value is -5.24. The van der Waals surface area contributed by atoms with E-state index < -0.39 is 5.97 Å². The first-order chi connectivity index (χ1) is 19.5. The van der Waals surface area contributed by atoms with Gasteiger partial charge in [0, 0.05) is 13.1 Å². The molecule has 0 aliphatic carbocycles. The van der Waals surface area contributed by atoms with Gasteiger partial charge in [0.2, 0.25) is 0 Å². The number of ether oxygens (including phenoxy) is 1. The second-order valence-electron chi connectivity index (χ2n) is 9.15. The van der Waals surface area contributed by atoms with E-state index in [4.69, 9.17) is 9.84 Å².